The van der Waals surface area contributed by atoms with Crippen molar-refractivity contribution < 1.29 is 8.78 Å². The van der Waals surface area contributed by atoms with Crippen LogP contribution in [0.2, 0.25) is 10.2 Å². The van der Waals surface area contributed by atoms with Gasteiger partial charge in [-0.1, -0.05) is 29.3 Å². The highest BCUT2D eigenvalue weighted by molar-refractivity contribution is 6.33. The minimum Gasteiger partial charge on any atom is -0.379 e. The third-order valence-electron chi connectivity index (χ3n) is 4.10. The number of nitrogens with zero attached hydrogens (tertiary/aromatic N) is 2. The molecular formula is C19H15Cl2F2N3O. The predicted octanol–water partition coefficient (Wildman–Crippen LogP) is 5.05. The molecular weight excluding hydrogens is 395 g/mol. The number of nitrogens with one attached hydrogen (secondary N) is 1. The zero-order chi connectivity index (χ0) is 19.7. The number of halogens is 4. The Bertz CT molecular complexity index is 1080. The van der Waals surface area contributed by atoms with Crippen LogP contribution in [0.5, 0.6) is 0 Å². The fraction of sp³-hybridized carbons (Fsp3) is 0.158. The zero-order valence-electron chi connectivity index (χ0n) is 14.5. The summed E-state index contributed by atoms with van der Waals surface area (Å²) in [4.78, 5) is 16.8. The molecule has 3 aromatic rings. The predicted molar refractivity (Wildman–Crippen MR) is 103 cm³/mol. The van der Waals surface area contributed by atoms with Crippen molar-refractivity contribution in [2.24, 2.45) is 0 Å². The maximum Gasteiger partial charge on any atom is 0.276 e. The summed E-state index contributed by atoms with van der Waals surface area (Å²) in [5.74, 6) is -1.33. The lowest BCUT2D eigenvalue weighted by molar-refractivity contribution is 0.574. The van der Waals surface area contributed by atoms with Crippen LogP contribution in [-0.4, -0.2) is 9.55 Å². The molecule has 3 rings (SSSR count). The molecule has 0 saturated carbocycles. The number of anilines is 1. The summed E-state index contributed by atoms with van der Waals surface area (Å²) >= 11 is 12.2. The van der Waals surface area contributed by atoms with E-state index < -0.39 is 17.2 Å². The standard InChI is InChI=1S/C19H15Cl2F2N3O/c1-10-8-25-17(20)7-16(10)26-11(2)5-15(18(21)19(26)27)24-9-12-3-4-13(22)6-14(12)23/h3-8,24H,9H2,1-2H3. The molecule has 0 spiro atoms. The third-order valence-corrected chi connectivity index (χ3v) is 4.67. The van der Waals surface area contributed by atoms with Crippen LogP contribution in [-0.2, 0) is 6.54 Å². The topological polar surface area (TPSA) is 46.9 Å². The molecule has 0 bridgehead atoms. The first-order valence-corrected chi connectivity index (χ1v) is 8.76. The normalized spacial score (nSPS) is 10.9. The molecule has 1 aromatic carbocycles. The van der Waals surface area contributed by atoms with Gasteiger partial charge in [0.25, 0.3) is 5.56 Å². The Morgan fingerprint density at radius 1 is 1.15 bits per heavy atom. The van der Waals surface area contributed by atoms with E-state index in [2.05, 4.69) is 10.3 Å². The summed E-state index contributed by atoms with van der Waals surface area (Å²) in [5.41, 5.74) is 2.12. The van der Waals surface area contributed by atoms with Gasteiger partial charge in [0.2, 0.25) is 0 Å². The molecule has 0 atom stereocenters. The summed E-state index contributed by atoms with van der Waals surface area (Å²) in [6.45, 7) is 3.60. The van der Waals surface area contributed by atoms with Crippen LogP contribution in [0.15, 0.2) is 41.3 Å². The molecule has 0 amide bonds. The maximum atomic E-state index is 13.8. The van der Waals surface area contributed by atoms with E-state index in [4.69, 9.17) is 23.2 Å². The summed E-state index contributed by atoms with van der Waals surface area (Å²) in [7, 11) is 0. The molecule has 0 aliphatic carbocycles. The largest absolute Gasteiger partial charge is 0.379 e. The first-order chi connectivity index (χ1) is 12.8. The lowest BCUT2D eigenvalue weighted by Crippen LogP contribution is -2.23. The Kier molecular flexibility index (Phi) is 5.48. The Labute approximate surface area is 164 Å². The van der Waals surface area contributed by atoms with Crippen LogP contribution in [0.4, 0.5) is 14.5 Å². The van der Waals surface area contributed by atoms with Crippen LogP contribution in [0.25, 0.3) is 5.69 Å². The van der Waals surface area contributed by atoms with Crippen molar-refractivity contribution in [3.63, 3.8) is 0 Å². The number of benzene rings is 1. The molecule has 1 N–H and O–H groups in total. The average Bonchev–Trinajstić information content (AvgIpc) is 2.61. The molecule has 0 saturated heterocycles. The van der Waals surface area contributed by atoms with Crippen molar-refractivity contribution in [3.8, 4) is 5.69 Å². The Balaban J connectivity index is 1.98. The number of pyridine rings is 2. The van der Waals surface area contributed by atoms with E-state index in [9.17, 15) is 13.6 Å². The van der Waals surface area contributed by atoms with E-state index >= 15 is 0 Å². The Morgan fingerprint density at radius 3 is 2.59 bits per heavy atom. The molecule has 8 heteroatoms. The van der Waals surface area contributed by atoms with Crippen molar-refractivity contribution in [2.45, 2.75) is 20.4 Å². The molecule has 2 heterocycles. The van der Waals surface area contributed by atoms with Crippen LogP contribution < -0.4 is 10.9 Å². The van der Waals surface area contributed by atoms with Gasteiger partial charge < -0.3 is 5.32 Å². The smallest absolute Gasteiger partial charge is 0.276 e. The van der Waals surface area contributed by atoms with E-state index in [-0.39, 0.29) is 22.3 Å². The van der Waals surface area contributed by atoms with Crippen LogP contribution >= 0.6 is 23.2 Å². The molecule has 2 aromatic heterocycles. The lowest BCUT2D eigenvalue weighted by Gasteiger charge is -2.16. The summed E-state index contributed by atoms with van der Waals surface area (Å²) in [6, 6.07) is 6.57. The summed E-state index contributed by atoms with van der Waals surface area (Å²) in [5, 5.41) is 3.14. The van der Waals surface area contributed by atoms with Crippen LogP contribution in [0.1, 0.15) is 16.8 Å². The minimum absolute atomic E-state index is 0.0459. The molecule has 0 radical (unpaired) electrons. The number of aryl methyl sites for hydroxylation is 2. The van der Waals surface area contributed by atoms with Gasteiger partial charge in [0.15, 0.2) is 0 Å². The highest BCUT2D eigenvalue weighted by Crippen LogP contribution is 2.24. The van der Waals surface area contributed by atoms with Gasteiger partial charge in [0.1, 0.15) is 21.8 Å². The van der Waals surface area contributed by atoms with E-state index in [1.54, 1.807) is 25.3 Å². The summed E-state index contributed by atoms with van der Waals surface area (Å²) < 4.78 is 28.2. The lowest BCUT2D eigenvalue weighted by atomic mass is 10.2. The molecule has 0 aliphatic rings. The molecule has 140 valence electrons. The molecule has 0 aliphatic heterocycles. The van der Waals surface area contributed by atoms with Gasteiger partial charge in [0, 0.05) is 30.1 Å². The second-order valence-corrected chi connectivity index (χ2v) is 6.80. The highest BCUT2D eigenvalue weighted by Gasteiger charge is 2.15. The second kappa shape index (κ2) is 7.66. The van der Waals surface area contributed by atoms with Crippen molar-refractivity contribution in [1.82, 2.24) is 9.55 Å². The second-order valence-electron chi connectivity index (χ2n) is 6.04. The zero-order valence-corrected chi connectivity index (χ0v) is 16.0. The van der Waals surface area contributed by atoms with Gasteiger partial charge >= 0.3 is 0 Å². The van der Waals surface area contributed by atoms with Crippen LogP contribution in [0, 0.1) is 25.5 Å². The SMILES string of the molecule is Cc1cnc(Cl)cc1-n1c(C)cc(NCc2ccc(F)cc2F)c(Cl)c1=O. The van der Waals surface area contributed by atoms with Crippen molar-refractivity contribution in [3.05, 3.63) is 85.5 Å². The van der Waals surface area contributed by atoms with Gasteiger partial charge in [0.05, 0.1) is 11.4 Å². The van der Waals surface area contributed by atoms with E-state index in [0.29, 0.717) is 17.1 Å². The van der Waals surface area contributed by atoms with E-state index in [0.717, 1.165) is 11.6 Å². The molecule has 27 heavy (non-hydrogen) atoms. The minimum atomic E-state index is -0.675. The van der Waals surface area contributed by atoms with Crippen LogP contribution in [0.3, 0.4) is 0 Å². The van der Waals surface area contributed by atoms with Crippen molar-refractivity contribution in [2.75, 3.05) is 5.32 Å². The van der Waals surface area contributed by atoms with Gasteiger partial charge in [-0.2, -0.15) is 0 Å². The number of rotatable bonds is 4. The first kappa shape index (κ1) is 19.3. The van der Waals surface area contributed by atoms with Crippen molar-refractivity contribution in [1.29, 1.82) is 0 Å². The monoisotopic (exact) mass is 409 g/mol. The van der Waals surface area contributed by atoms with E-state index in [1.807, 2.05) is 6.92 Å². The fourth-order valence-electron chi connectivity index (χ4n) is 2.72. The average molecular weight is 410 g/mol. The van der Waals surface area contributed by atoms with Gasteiger partial charge in [-0.25, -0.2) is 13.8 Å². The highest BCUT2D eigenvalue weighted by atomic mass is 35.5. The number of hydrogen-bond acceptors (Lipinski definition) is 3. The molecule has 0 fully saturated rings. The van der Waals surface area contributed by atoms with Crippen molar-refractivity contribution >= 4 is 28.9 Å². The quantitative estimate of drug-likeness (QED) is 0.613. The van der Waals surface area contributed by atoms with Gasteiger partial charge in [-0.3, -0.25) is 9.36 Å². The number of aromatic nitrogens is 2. The van der Waals surface area contributed by atoms with Gasteiger partial charge in [-0.15, -0.1) is 0 Å². The third kappa shape index (κ3) is 3.96. The molecule has 0 unspecified atom stereocenters. The van der Waals surface area contributed by atoms with Gasteiger partial charge in [-0.05, 0) is 37.6 Å². The molecule has 4 nitrogen and oxygen atoms in total. The number of hydrogen-bond donors (Lipinski definition) is 1. The first-order valence-electron chi connectivity index (χ1n) is 8.00. The maximum absolute atomic E-state index is 13.8. The van der Waals surface area contributed by atoms with E-state index in [1.165, 1.54) is 16.7 Å². The fourth-order valence-corrected chi connectivity index (χ4v) is 3.08. The Morgan fingerprint density at radius 2 is 1.89 bits per heavy atom. The summed E-state index contributed by atoms with van der Waals surface area (Å²) in [6.07, 6.45) is 1.57. The Hall–Kier alpha value is -2.44.